The van der Waals surface area contributed by atoms with Crippen LogP contribution in [0.15, 0.2) is 0 Å². The van der Waals surface area contributed by atoms with E-state index >= 15 is 0 Å². The maximum atomic E-state index is 0. The van der Waals surface area contributed by atoms with Gasteiger partial charge in [-0.25, -0.2) is 0 Å². The standard InChI is InChI=1S/5BrH.P/h5*1H;. The van der Waals surface area contributed by atoms with Crippen LogP contribution in [0.5, 0.6) is 0 Å². The molecule has 0 fully saturated rings. The lowest BCUT2D eigenvalue weighted by Gasteiger charge is -0.115. The van der Waals surface area contributed by atoms with E-state index in [0.29, 0.717) is 0 Å². The molecule has 0 bridgehead atoms. The summed E-state index contributed by atoms with van der Waals surface area (Å²) in [5.74, 6) is 0. The molecule has 0 aliphatic carbocycles. The summed E-state index contributed by atoms with van der Waals surface area (Å²) in [7, 11) is 0. The molecule has 0 atom stereocenters. The summed E-state index contributed by atoms with van der Waals surface area (Å²) in [6.45, 7) is 0. The topological polar surface area (TPSA) is 0 Å². The van der Waals surface area contributed by atoms with Gasteiger partial charge >= 0.3 is 0 Å². The Bertz CT molecular complexity index is 3.90. The quantitative estimate of drug-likeness (QED) is 0.509. The van der Waals surface area contributed by atoms with Crippen LogP contribution in [-0.2, 0) is 0 Å². The molecule has 0 saturated heterocycles. The second-order valence-electron chi connectivity index (χ2n) is 0. The van der Waals surface area contributed by atoms with Gasteiger partial charge in [0.2, 0.25) is 0 Å². The second kappa shape index (κ2) is 45.6. The number of hydrogen-bond donors (Lipinski definition) is 0. The fourth-order valence-electron chi connectivity index (χ4n) is 0. The van der Waals surface area contributed by atoms with Crippen LogP contribution in [-0.4, -0.2) is 0 Å². The van der Waals surface area contributed by atoms with E-state index in [1.165, 1.54) is 0 Å². The molecule has 45 valence electrons. The zero-order valence-electron chi connectivity index (χ0n) is 2.49. The third-order valence-electron chi connectivity index (χ3n) is 0. The van der Waals surface area contributed by atoms with E-state index in [2.05, 4.69) is 0 Å². The first-order valence-electron chi connectivity index (χ1n) is 0. The maximum absolute atomic E-state index is 0. The van der Waals surface area contributed by atoms with Crippen LogP contribution in [0.25, 0.3) is 0 Å². The van der Waals surface area contributed by atoms with Gasteiger partial charge in [-0.05, 0) is 0 Å². The van der Waals surface area contributed by atoms with Crippen molar-refractivity contribution in [2.75, 3.05) is 0 Å². The Kier molecular flexibility index (Phi) is 514. The Hall–Kier alpha value is 2.83. The van der Waals surface area contributed by atoms with Crippen LogP contribution in [0.3, 0.4) is 0 Å². The zero-order valence-corrected chi connectivity index (χ0v) is 11.9. The first-order chi connectivity index (χ1) is 0. The average molecular weight is 436 g/mol. The molecule has 0 aliphatic rings. The highest BCUT2D eigenvalue weighted by Crippen LogP contribution is 0.862. The summed E-state index contributed by atoms with van der Waals surface area (Å²) in [5, 5.41) is 0. The van der Waals surface area contributed by atoms with Crippen molar-refractivity contribution in [1.82, 2.24) is 0 Å². The molecule has 0 aromatic carbocycles. The lowest BCUT2D eigenvalue weighted by Crippen LogP contribution is 0.845. The van der Waals surface area contributed by atoms with Crippen LogP contribution in [0.1, 0.15) is 0 Å². The molecular weight excluding hydrogens is 430 g/mol. The molecule has 0 N–H and O–H groups in total. The van der Waals surface area contributed by atoms with Crippen molar-refractivity contribution >= 4 is 94.8 Å². The van der Waals surface area contributed by atoms with Crippen molar-refractivity contribution in [3.05, 3.63) is 0 Å². The van der Waals surface area contributed by atoms with E-state index in [9.17, 15) is 0 Å². The van der Waals surface area contributed by atoms with E-state index in [-0.39, 0.29) is 94.8 Å². The fraction of sp³-hybridized carbons (Fsp3) is 0. The lowest BCUT2D eigenvalue weighted by molar-refractivity contribution is 6.92. The van der Waals surface area contributed by atoms with E-state index < -0.39 is 0 Å². The van der Waals surface area contributed by atoms with Gasteiger partial charge in [0, 0.05) is 9.90 Å². The third-order valence-corrected chi connectivity index (χ3v) is 0. The van der Waals surface area contributed by atoms with E-state index in [0.717, 1.165) is 0 Å². The predicted octanol–water partition coefficient (Wildman–Crippen LogP) is 3.75. The van der Waals surface area contributed by atoms with Crippen molar-refractivity contribution in [3.8, 4) is 0 Å². The highest BCUT2D eigenvalue weighted by Gasteiger charge is 0.0000456. The summed E-state index contributed by atoms with van der Waals surface area (Å²) in [6.07, 6.45) is 0. The van der Waals surface area contributed by atoms with Crippen LogP contribution < -0.4 is 0 Å². The molecule has 0 nitrogen and oxygen atoms in total. The summed E-state index contributed by atoms with van der Waals surface area (Å²) >= 11 is 0. The molecule has 3 radical (unpaired) electrons. The van der Waals surface area contributed by atoms with Crippen molar-refractivity contribution < 1.29 is 0 Å². The molecule has 0 aliphatic heterocycles. The SMILES string of the molecule is Br.Br.Br.Br.Br.[P]. The largest absolute Gasteiger partial charge is 0.114 e. The van der Waals surface area contributed by atoms with Gasteiger partial charge in [0.1, 0.15) is 0 Å². The number of halogens is 5. The Morgan fingerprint density at radius 3 is 0.333 bits per heavy atom. The van der Waals surface area contributed by atoms with Gasteiger partial charge in [-0.3, -0.25) is 0 Å². The minimum Gasteiger partial charge on any atom is -0.114 e. The Labute approximate surface area is 93.7 Å². The van der Waals surface area contributed by atoms with Crippen molar-refractivity contribution in [2.45, 2.75) is 0 Å². The highest BCUT2D eigenvalue weighted by atomic mass is 79.9. The van der Waals surface area contributed by atoms with Crippen LogP contribution in [0, 0.1) is 0 Å². The zero-order chi connectivity index (χ0) is 0. The van der Waals surface area contributed by atoms with Gasteiger partial charge in [0.05, 0.1) is 0 Å². The highest BCUT2D eigenvalue weighted by molar-refractivity contribution is 8.93. The fourth-order valence-corrected chi connectivity index (χ4v) is 0. The Morgan fingerprint density at radius 2 is 0.333 bits per heavy atom. The van der Waals surface area contributed by atoms with Crippen molar-refractivity contribution in [2.24, 2.45) is 0 Å². The van der Waals surface area contributed by atoms with Gasteiger partial charge in [0.15, 0.2) is 0 Å². The third kappa shape index (κ3) is 29.0. The average Bonchev–Trinajstić information content (AvgIpc) is 0. The summed E-state index contributed by atoms with van der Waals surface area (Å²) in [4.78, 5) is 0. The van der Waals surface area contributed by atoms with Gasteiger partial charge in [0.25, 0.3) is 0 Å². The van der Waals surface area contributed by atoms with Gasteiger partial charge in [-0.1, -0.05) is 0 Å². The molecular formula is H5Br5P. The van der Waals surface area contributed by atoms with Crippen molar-refractivity contribution in [3.63, 3.8) is 0 Å². The Balaban J connectivity index is 0. The smallest absolute Gasteiger partial charge is 0 e. The normalized spacial score (nSPS) is 0. The summed E-state index contributed by atoms with van der Waals surface area (Å²) in [5.41, 5.74) is 0. The molecule has 0 heterocycles. The molecule has 0 aromatic rings. The Morgan fingerprint density at radius 1 is 0.333 bits per heavy atom. The second-order valence-corrected chi connectivity index (χ2v) is 0. The van der Waals surface area contributed by atoms with Gasteiger partial charge in [-0.2, -0.15) is 0 Å². The lowest BCUT2D eigenvalue weighted by atomic mass is 31.0. The molecule has 0 aromatic heterocycles. The number of rotatable bonds is 0. The van der Waals surface area contributed by atoms with Gasteiger partial charge < -0.3 is 0 Å². The van der Waals surface area contributed by atoms with E-state index in [1.54, 1.807) is 0 Å². The van der Waals surface area contributed by atoms with Crippen LogP contribution in [0.2, 0.25) is 0 Å². The van der Waals surface area contributed by atoms with E-state index in [1.807, 2.05) is 0 Å². The minimum atomic E-state index is 0. The summed E-state index contributed by atoms with van der Waals surface area (Å²) in [6, 6.07) is 0. The van der Waals surface area contributed by atoms with Crippen LogP contribution in [0.4, 0.5) is 0 Å². The van der Waals surface area contributed by atoms with E-state index in [4.69, 9.17) is 0 Å². The first-order valence-corrected chi connectivity index (χ1v) is 0. The van der Waals surface area contributed by atoms with Crippen LogP contribution >= 0.6 is 94.8 Å². The molecule has 0 saturated carbocycles. The first kappa shape index (κ1) is 67.6. The van der Waals surface area contributed by atoms with Crippen molar-refractivity contribution in [1.29, 1.82) is 0 Å². The molecule has 6 heteroatoms. The molecule has 0 unspecified atom stereocenters. The molecule has 6 heavy (non-hydrogen) atoms. The number of hydrogen-bond acceptors (Lipinski definition) is 0. The van der Waals surface area contributed by atoms with Gasteiger partial charge in [-0.15, -0.1) is 84.9 Å². The summed E-state index contributed by atoms with van der Waals surface area (Å²) < 4.78 is 0. The molecule has 0 amide bonds. The molecule has 0 spiro atoms. The monoisotopic (exact) mass is 431 g/mol. The molecule has 0 rings (SSSR count). The maximum Gasteiger partial charge on any atom is 0 e. The predicted molar refractivity (Wildman–Crippen MR) is 58.5 cm³/mol. The minimum absolute atomic E-state index is 0.